The van der Waals surface area contributed by atoms with Crippen LogP contribution in [0.3, 0.4) is 0 Å². The Hall–Kier alpha value is -2.41. The van der Waals surface area contributed by atoms with Gasteiger partial charge < -0.3 is 10.6 Å². The molecule has 4 N–H and O–H groups in total. The molecule has 1 fully saturated rings. The number of nitrogens with two attached hydrogens (primary N) is 2. The number of hydrogen-bond acceptors (Lipinski definition) is 5. The first-order valence-corrected chi connectivity index (χ1v) is 9.80. The second-order valence-corrected chi connectivity index (χ2v) is 8.83. The highest BCUT2D eigenvalue weighted by Gasteiger charge is 2.39. The normalized spacial score (nSPS) is 17.9. The summed E-state index contributed by atoms with van der Waals surface area (Å²) in [6.45, 7) is 12.1. The third-order valence-electron chi connectivity index (χ3n) is 4.96. The first kappa shape index (κ1) is 22.9. The highest BCUT2D eigenvalue weighted by Crippen LogP contribution is 2.33. The van der Waals surface area contributed by atoms with Gasteiger partial charge in [-0.05, 0) is 36.6 Å². The molecular formula is C22H33F2N5. The largest absolute Gasteiger partial charge is 0.394 e. The molecule has 0 unspecified atom stereocenters. The number of likely N-dealkylation sites (tertiary alicyclic amines) is 1. The van der Waals surface area contributed by atoms with E-state index in [1.54, 1.807) is 4.90 Å². The fraction of sp³-hybridized carbons (Fsp3) is 0.500. The molecule has 0 bridgehead atoms. The van der Waals surface area contributed by atoms with Crippen LogP contribution in [0.2, 0.25) is 0 Å². The van der Waals surface area contributed by atoms with Crippen molar-refractivity contribution in [3.05, 3.63) is 58.7 Å². The molecule has 0 aromatic heterocycles. The molecule has 1 aromatic rings. The molecular weight excluding hydrogens is 372 g/mol. The van der Waals surface area contributed by atoms with E-state index in [1.807, 2.05) is 37.3 Å². The van der Waals surface area contributed by atoms with Crippen LogP contribution < -0.4 is 11.6 Å². The molecule has 0 spiro atoms. The highest BCUT2D eigenvalue weighted by molar-refractivity contribution is 5.38. The second kappa shape index (κ2) is 8.95. The van der Waals surface area contributed by atoms with Crippen molar-refractivity contribution in [2.45, 2.75) is 53.0 Å². The van der Waals surface area contributed by atoms with Gasteiger partial charge in [0.05, 0.1) is 24.5 Å². The SMILES string of the molecule is C=N/C(=C(N)\C(=C/CC(C)(C)C)N1CCC(F)(F)C1)N(N)Cc1ccccc1C. The number of halogens is 2. The molecule has 1 saturated heterocycles. The summed E-state index contributed by atoms with van der Waals surface area (Å²) in [5.74, 6) is 3.82. The van der Waals surface area contributed by atoms with Gasteiger partial charge in [0.15, 0.2) is 5.82 Å². The van der Waals surface area contributed by atoms with E-state index >= 15 is 0 Å². The third-order valence-corrected chi connectivity index (χ3v) is 4.96. The Bertz CT molecular complexity index is 793. The van der Waals surface area contributed by atoms with E-state index in [1.165, 1.54) is 5.01 Å². The molecule has 0 atom stereocenters. The lowest BCUT2D eigenvalue weighted by Gasteiger charge is -2.28. The molecule has 160 valence electrons. The maximum absolute atomic E-state index is 13.9. The molecule has 1 aliphatic rings. The number of nitrogens with zero attached hydrogens (tertiary/aromatic N) is 3. The average Bonchev–Trinajstić information content (AvgIpc) is 2.96. The summed E-state index contributed by atoms with van der Waals surface area (Å²) in [6.07, 6.45) is 2.39. The monoisotopic (exact) mass is 405 g/mol. The lowest BCUT2D eigenvalue weighted by molar-refractivity contribution is 0.0153. The van der Waals surface area contributed by atoms with Crippen LogP contribution in [0.4, 0.5) is 8.78 Å². The van der Waals surface area contributed by atoms with Gasteiger partial charge in [0.25, 0.3) is 5.92 Å². The Kier molecular flexibility index (Phi) is 7.06. The fourth-order valence-corrected chi connectivity index (χ4v) is 3.24. The van der Waals surface area contributed by atoms with E-state index in [0.29, 0.717) is 18.7 Å². The summed E-state index contributed by atoms with van der Waals surface area (Å²) in [4.78, 5) is 5.66. The zero-order chi connectivity index (χ0) is 21.8. The standard InChI is InChI=1S/C22H33F2N5/c1-16-8-6-7-9-17(16)14-29(26)20(27-5)19(25)18(10-11-21(2,3)4)28-13-12-22(23,24)15-28/h6-10H,5,11-15,25-26H2,1-4H3/b18-10+,20-19-. The number of aryl methyl sites for hydroxylation is 1. The summed E-state index contributed by atoms with van der Waals surface area (Å²) < 4.78 is 27.7. The van der Waals surface area contributed by atoms with Crippen molar-refractivity contribution >= 4 is 6.72 Å². The number of hydrogen-bond donors (Lipinski definition) is 2. The molecule has 0 saturated carbocycles. The van der Waals surface area contributed by atoms with Crippen molar-refractivity contribution < 1.29 is 8.78 Å². The van der Waals surface area contributed by atoms with E-state index in [2.05, 4.69) is 32.5 Å². The van der Waals surface area contributed by atoms with Gasteiger partial charge in [-0.15, -0.1) is 0 Å². The van der Waals surface area contributed by atoms with Gasteiger partial charge in [-0.2, -0.15) is 0 Å². The Balaban J connectivity index is 2.38. The topological polar surface area (TPSA) is 70.9 Å². The first-order chi connectivity index (χ1) is 13.4. The van der Waals surface area contributed by atoms with E-state index in [4.69, 9.17) is 11.6 Å². The summed E-state index contributed by atoms with van der Waals surface area (Å²) in [5, 5.41) is 1.42. The molecule has 1 heterocycles. The fourth-order valence-electron chi connectivity index (χ4n) is 3.24. The highest BCUT2D eigenvalue weighted by atomic mass is 19.3. The van der Waals surface area contributed by atoms with E-state index in [0.717, 1.165) is 11.1 Å². The van der Waals surface area contributed by atoms with E-state index in [9.17, 15) is 8.78 Å². The van der Waals surface area contributed by atoms with Crippen LogP contribution in [0.5, 0.6) is 0 Å². The minimum absolute atomic E-state index is 0.0148. The summed E-state index contributed by atoms with van der Waals surface area (Å²) in [6, 6.07) is 7.87. The van der Waals surface area contributed by atoms with E-state index in [-0.39, 0.29) is 36.4 Å². The Morgan fingerprint density at radius 2 is 2.00 bits per heavy atom. The second-order valence-electron chi connectivity index (χ2n) is 8.83. The van der Waals surface area contributed by atoms with Gasteiger partial charge in [0.2, 0.25) is 0 Å². The predicted molar refractivity (Wildman–Crippen MR) is 115 cm³/mol. The molecule has 0 aliphatic carbocycles. The summed E-state index contributed by atoms with van der Waals surface area (Å²) in [5.41, 5.74) is 9.34. The van der Waals surface area contributed by atoms with Crippen LogP contribution in [-0.4, -0.2) is 35.6 Å². The number of allylic oxidation sites excluding steroid dienone is 1. The molecule has 1 aromatic carbocycles. The quantitative estimate of drug-likeness (QED) is 0.309. The molecule has 0 radical (unpaired) electrons. The van der Waals surface area contributed by atoms with Gasteiger partial charge in [-0.3, -0.25) is 5.01 Å². The molecule has 29 heavy (non-hydrogen) atoms. The zero-order valence-corrected chi connectivity index (χ0v) is 17.9. The predicted octanol–water partition coefficient (Wildman–Crippen LogP) is 4.16. The Morgan fingerprint density at radius 1 is 1.34 bits per heavy atom. The van der Waals surface area contributed by atoms with Crippen LogP contribution in [0, 0.1) is 12.3 Å². The van der Waals surface area contributed by atoms with Gasteiger partial charge in [0.1, 0.15) is 0 Å². The van der Waals surface area contributed by atoms with Crippen LogP contribution in [0.15, 0.2) is 52.5 Å². The maximum atomic E-state index is 13.9. The average molecular weight is 406 g/mol. The lowest BCUT2D eigenvalue weighted by atomic mass is 9.91. The summed E-state index contributed by atoms with van der Waals surface area (Å²) >= 11 is 0. The van der Waals surface area contributed by atoms with Crippen molar-refractivity contribution in [2.24, 2.45) is 22.0 Å². The van der Waals surface area contributed by atoms with Crippen LogP contribution in [-0.2, 0) is 6.54 Å². The molecule has 7 heteroatoms. The van der Waals surface area contributed by atoms with Crippen LogP contribution >= 0.6 is 0 Å². The van der Waals surface area contributed by atoms with E-state index < -0.39 is 5.92 Å². The molecule has 5 nitrogen and oxygen atoms in total. The number of benzene rings is 1. The molecule has 1 aliphatic heterocycles. The minimum Gasteiger partial charge on any atom is -0.394 e. The number of hydrazine groups is 1. The zero-order valence-electron chi connectivity index (χ0n) is 17.9. The molecule has 2 rings (SSSR count). The van der Waals surface area contributed by atoms with Crippen molar-refractivity contribution in [1.29, 1.82) is 0 Å². The summed E-state index contributed by atoms with van der Waals surface area (Å²) in [7, 11) is 0. The third kappa shape index (κ3) is 6.29. The van der Waals surface area contributed by atoms with Crippen molar-refractivity contribution in [2.75, 3.05) is 13.1 Å². The van der Waals surface area contributed by atoms with Gasteiger partial charge >= 0.3 is 0 Å². The van der Waals surface area contributed by atoms with Crippen molar-refractivity contribution in [3.63, 3.8) is 0 Å². The minimum atomic E-state index is -2.73. The van der Waals surface area contributed by atoms with Gasteiger partial charge in [-0.25, -0.2) is 19.6 Å². The Morgan fingerprint density at radius 3 is 2.52 bits per heavy atom. The van der Waals surface area contributed by atoms with Crippen LogP contribution in [0.1, 0.15) is 44.7 Å². The lowest BCUT2D eigenvalue weighted by Crippen LogP contribution is -2.34. The van der Waals surface area contributed by atoms with Gasteiger partial charge in [-0.1, -0.05) is 51.1 Å². The van der Waals surface area contributed by atoms with Crippen LogP contribution in [0.25, 0.3) is 0 Å². The van der Waals surface area contributed by atoms with Crippen molar-refractivity contribution in [3.8, 4) is 0 Å². The smallest absolute Gasteiger partial charge is 0.266 e. The number of aliphatic imine (C=N–C) groups is 1. The van der Waals surface area contributed by atoms with Gasteiger partial charge in [0, 0.05) is 13.0 Å². The molecule has 0 amide bonds. The van der Waals surface area contributed by atoms with Crippen molar-refractivity contribution in [1.82, 2.24) is 9.91 Å². The number of alkyl halides is 2. The number of rotatable bonds is 7. The maximum Gasteiger partial charge on any atom is 0.266 e. The Labute approximate surface area is 172 Å². The first-order valence-electron chi connectivity index (χ1n) is 9.80.